The van der Waals surface area contributed by atoms with Crippen molar-refractivity contribution in [3.8, 4) is 5.75 Å². The molecule has 150 valence electrons. The second-order valence-electron chi connectivity index (χ2n) is 6.05. The first-order chi connectivity index (χ1) is 13.9. The van der Waals surface area contributed by atoms with Crippen LogP contribution in [0.4, 0.5) is 11.4 Å². The molecule has 0 aliphatic heterocycles. The number of nitrogens with zero attached hydrogens (tertiary/aromatic N) is 1. The van der Waals surface area contributed by atoms with Crippen molar-refractivity contribution in [1.29, 1.82) is 0 Å². The van der Waals surface area contributed by atoms with Gasteiger partial charge in [0.2, 0.25) is 5.91 Å². The summed E-state index contributed by atoms with van der Waals surface area (Å²) in [5.74, 6) is 0.0192. The zero-order valence-electron chi connectivity index (χ0n) is 15.6. The van der Waals surface area contributed by atoms with Gasteiger partial charge in [-0.05, 0) is 48.5 Å². The number of halogens is 1. The van der Waals surface area contributed by atoms with Gasteiger partial charge in [0, 0.05) is 0 Å². The van der Waals surface area contributed by atoms with E-state index in [4.69, 9.17) is 16.3 Å². The Kier molecular flexibility index (Phi) is 6.41. The standard InChI is InChI=1S/C21H19ClN2O4S/c1-28-17-11-13-18(14-12-17)29(26,27)24(16-7-3-2-4-8-16)15-21(25)23-20-10-6-5-9-19(20)22/h2-14H,15H2,1H3,(H,23,25). The van der Waals surface area contributed by atoms with Gasteiger partial charge in [-0.25, -0.2) is 8.42 Å². The van der Waals surface area contributed by atoms with E-state index in [1.54, 1.807) is 66.7 Å². The first kappa shape index (κ1) is 20.7. The summed E-state index contributed by atoms with van der Waals surface area (Å²) in [4.78, 5) is 12.7. The van der Waals surface area contributed by atoms with Crippen molar-refractivity contribution in [3.05, 3.63) is 83.9 Å². The third-order valence-electron chi connectivity index (χ3n) is 4.13. The molecule has 0 radical (unpaired) electrons. The van der Waals surface area contributed by atoms with E-state index in [0.717, 1.165) is 4.31 Å². The summed E-state index contributed by atoms with van der Waals surface area (Å²) < 4.78 is 32.7. The number of para-hydroxylation sites is 2. The number of hydrogen-bond donors (Lipinski definition) is 1. The number of carbonyl (C=O) groups excluding carboxylic acids is 1. The molecule has 0 fully saturated rings. The summed E-state index contributed by atoms with van der Waals surface area (Å²) in [7, 11) is -2.49. The molecule has 3 aromatic carbocycles. The van der Waals surface area contributed by atoms with Gasteiger partial charge in [-0.3, -0.25) is 9.10 Å². The number of benzene rings is 3. The van der Waals surface area contributed by atoms with Crippen LogP contribution in [-0.2, 0) is 14.8 Å². The van der Waals surface area contributed by atoms with Crippen molar-refractivity contribution in [1.82, 2.24) is 0 Å². The molecule has 0 aliphatic carbocycles. The zero-order valence-corrected chi connectivity index (χ0v) is 17.2. The van der Waals surface area contributed by atoms with Crippen molar-refractivity contribution < 1.29 is 17.9 Å². The van der Waals surface area contributed by atoms with Crippen LogP contribution < -0.4 is 14.4 Å². The molecule has 0 unspecified atom stereocenters. The first-order valence-electron chi connectivity index (χ1n) is 8.68. The van der Waals surface area contributed by atoms with E-state index >= 15 is 0 Å². The summed E-state index contributed by atoms with van der Waals surface area (Å²) in [5, 5.41) is 3.02. The molecule has 0 spiro atoms. The summed E-state index contributed by atoms with van der Waals surface area (Å²) in [5.41, 5.74) is 0.784. The van der Waals surface area contributed by atoms with Gasteiger partial charge in [0.05, 0.1) is 28.4 Å². The number of anilines is 2. The van der Waals surface area contributed by atoms with Crippen LogP contribution in [0.15, 0.2) is 83.8 Å². The molecule has 6 nitrogen and oxygen atoms in total. The van der Waals surface area contributed by atoms with Crippen LogP contribution in [0.3, 0.4) is 0 Å². The quantitative estimate of drug-likeness (QED) is 0.610. The minimum Gasteiger partial charge on any atom is -0.497 e. The fraction of sp³-hybridized carbons (Fsp3) is 0.0952. The van der Waals surface area contributed by atoms with Crippen molar-refractivity contribution in [2.24, 2.45) is 0 Å². The Hall–Kier alpha value is -3.03. The molecule has 0 bridgehead atoms. The zero-order chi connectivity index (χ0) is 20.9. The Morgan fingerprint density at radius 2 is 1.59 bits per heavy atom. The van der Waals surface area contributed by atoms with E-state index in [0.29, 0.717) is 22.1 Å². The second kappa shape index (κ2) is 8.98. The number of carbonyl (C=O) groups is 1. The van der Waals surface area contributed by atoms with Crippen LogP contribution >= 0.6 is 11.6 Å². The van der Waals surface area contributed by atoms with Crippen LogP contribution in [0.1, 0.15) is 0 Å². The van der Waals surface area contributed by atoms with Crippen LogP contribution in [-0.4, -0.2) is 28.0 Å². The van der Waals surface area contributed by atoms with Crippen molar-refractivity contribution >= 4 is 38.9 Å². The fourth-order valence-corrected chi connectivity index (χ4v) is 4.27. The van der Waals surface area contributed by atoms with E-state index in [9.17, 15) is 13.2 Å². The molecule has 0 atom stereocenters. The molecule has 0 heterocycles. The number of rotatable bonds is 7. The number of sulfonamides is 1. The van der Waals surface area contributed by atoms with E-state index in [-0.39, 0.29) is 4.90 Å². The minimum absolute atomic E-state index is 0.0488. The molecule has 3 rings (SSSR count). The molecule has 0 aliphatic rings. The van der Waals surface area contributed by atoms with Crippen molar-refractivity contribution in [2.45, 2.75) is 4.90 Å². The van der Waals surface area contributed by atoms with Crippen molar-refractivity contribution in [3.63, 3.8) is 0 Å². The summed E-state index contributed by atoms with van der Waals surface area (Å²) in [6.07, 6.45) is 0. The number of nitrogens with one attached hydrogen (secondary N) is 1. The Morgan fingerprint density at radius 1 is 0.966 bits per heavy atom. The molecule has 0 aromatic heterocycles. The van der Waals surface area contributed by atoms with Crippen LogP contribution in [0, 0.1) is 0 Å². The maximum Gasteiger partial charge on any atom is 0.264 e. The predicted molar refractivity (Wildman–Crippen MR) is 114 cm³/mol. The Balaban J connectivity index is 1.92. The minimum atomic E-state index is -3.99. The van der Waals surface area contributed by atoms with E-state index in [1.165, 1.54) is 19.2 Å². The summed E-state index contributed by atoms with van der Waals surface area (Å²) in [6.45, 7) is -0.413. The monoisotopic (exact) mass is 430 g/mol. The van der Waals surface area contributed by atoms with Crippen LogP contribution in [0.2, 0.25) is 5.02 Å². The summed E-state index contributed by atoms with van der Waals surface area (Å²) >= 11 is 6.08. The molecular weight excluding hydrogens is 412 g/mol. The molecule has 1 N–H and O–H groups in total. The van der Waals surface area contributed by atoms with Gasteiger partial charge in [0.25, 0.3) is 10.0 Å². The Labute approximate surface area is 174 Å². The topological polar surface area (TPSA) is 75.7 Å². The highest BCUT2D eigenvalue weighted by atomic mass is 35.5. The molecule has 0 saturated carbocycles. The first-order valence-corrected chi connectivity index (χ1v) is 10.5. The molecule has 29 heavy (non-hydrogen) atoms. The van der Waals surface area contributed by atoms with E-state index in [1.807, 2.05) is 0 Å². The van der Waals surface area contributed by atoms with Gasteiger partial charge in [0.15, 0.2) is 0 Å². The van der Waals surface area contributed by atoms with Gasteiger partial charge in [-0.1, -0.05) is 41.9 Å². The maximum absolute atomic E-state index is 13.3. The number of hydrogen-bond acceptors (Lipinski definition) is 4. The molecule has 1 amide bonds. The largest absolute Gasteiger partial charge is 0.497 e. The lowest BCUT2D eigenvalue weighted by Crippen LogP contribution is -2.38. The smallest absolute Gasteiger partial charge is 0.264 e. The van der Waals surface area contributed by atoms with Gasteiger partial charge in [0.1, 0.15) is 12.3 Å². The van der Waals surface area contributed by atoms with Crippen LogP contribution in [0.5, 0.6) is 5.75 Å². The number of ether oxygens (including phenoxy) is 1. The lowest BCUT2D eigenvalue weighted by atomic mass is 10.3. The fourth-order valence-electron chi connectivity index (χ4n) is 2.67. The van der Waals surface area contributed by atoms with Crippen molar-refractivity contribution in [2.75, 3.05) is 23.3 Å². The highest BCUT2D eigenvalue weighted by molar-refractivity contribution is 7.92. The second-order valence-corrected chi connectivity index (χ2v) is 8.32. The normalized spacial score (nSPS) is 11.0. The highest BCUT2D eigenvalue weighted by Gasteiger charge is 2.27. The predicted octanol–water partition coefficient (Wildman–Crippen LogP) is 4.18. The average molecular weight is 431 g/mol. The Bertz CT molecular complexity index is 1090. The van der Waals surface area contributed by atoms with Crippen LogP contribution in [0.25, 0.3) is 0 Å². The number of amides is 1. The SMILES string of the molecule is COc1ccc(S(=O)(=O)N(CC(=O)Nc2ccccc2Cl)c2ccccc2)cc1. The number of methoxy groups -OCH3 is 1. The van der Waals surface area contributed by atoms with E-state index in [2.05, 4.69) is 5.32 Å². The lowest BCUT2D eigenvalue weighted by Gasteiger charge is -2.24. The summed E-state index contributed by atoms with van der Waals surface area (Å²) in [6, 6.07) is 21.2. The maximum atomic E-state index is 13.3. The molecule has 8 heteroatoms. The third kappa shape index (κ3) is 4.88. The average Bonchev–Trinajstić information content (AvgIpc) is 2.74. The van der Waals surface area contributed by atoms with E-state index < -0.39 is 22.5 Å². The molecule has 3 aromatic rings. The third-order valence-corrected chi connectivity index (χ3v) is 6.24. The lowest BCUT2D eigenvalue weighted by molar-refractivity contribution is -0.114. The Morgan fingerprint density at radius 3 is 2.21 bits per heavy atom. The van der Waals surface area contributed by atoms with Gasteiger partial charge in [-0.2, -0.15) is 0 Å². The van der Waals surface area contributed by atoms with Gasteiger partial charge < -0.3 is 10.1 Å². The molecular formula is C21H19ClN2O4S. The van der Waals surface area contributed by atoms with Gasteiger partial charge >= 0.3 is 0 Å². The van der Waals surface area contributed by atoms with Gasteiger partial charge in [-0.15, -0.1) is 0 Å². The molecule has 0 saturated heterocycles. The highest BCUT2D eigenvalue weighted by Crippen LogP contribution is 2.26.